The van der Waals surface area contributed by atoms with Gasteiger partial charge in [-0.15, -0.1) is 0 Å². The average molecular weight is 288 g/mol. The molecule has 0 unspecified atom stereocenters. The van der Waals surface area contributed by atoms with E-state index in [4.69, 9.17) is 14.7 Å². The second kappa shape index (κ2) is 7.41. The minimum absolute atomic E-state index is 0.187. The van der Waals surface area contributed by atoms with E-state index in [1.165, 1.54) is 0 Å². The number of hydrogen-bond donors (Lipinski definition) is 1. The van der Waals surface area contributed by atoms with Gasteiger partial charge >= 0.3 is 5.97 Å². The van der Waals surface area contributed by atoms with Gasteiger partial charge in [0.05, 0.1) is 17.6 Å². The number of carbonyl (C=O) groups is 2. The van der Waals surface area contributed by atoms with Crippen molar-refractivity contribution in [3.8, 4) is 6.07 Å². The molecule has 6 nitrogen and oxygen atoms in total. The van der Waals surface area contributed by atoms with Crippen molar-refractivity contribution in [2.45, 2.75) is 12.8 Å². The number of benzene rings is 1. The molecule has 110 valence electrons. The van der Waals surface area contributed by atoms with Crippen molar-refractivity contribution in [3.63, 3.8) is 0 Å². The van der Waals surface area contributed by atoms with Crippen molar-refractivity contribution in [1.82, 2.24) is 0 Å². The van der Waals surface area contributed by atoms with Crippen LogP contribution in [-0.4, -0.2) is 31.7 Å². The van der Waals surface area contributed by atoms with Crippen molar-refractivity contribution in [2.24, 2.45) is 5.92 Å². The lowest BCUT2D eigenvalue weighted by molar-refractivity contribution is -0.154. The first-order valence-corrected chi connectivity index (χ1v) is 6.73. The summed E-state index contributed by atoms with van der Waals surface area (Å²) in [6, 6.07) is 8.51. The van der Waals surface area contributed by atoms with E-state index in [2.05, 4.69) is 5.32 Å². The Labute approximate surface area is 122 Å². The lowest BCUT2D eigenvalue weighted by atomic mass is 10.0. The van der Waals surface area contributed by atoms with E-state index in [1.54, 1.807) is 24.3 Å². The van der Waals surface area contributed by atoms with Crippen molar-refractivity contribution in [1.29, 1.82) is 5.26 Å². The lowest BCUT2D eigenvalue weighted by Crippen LogP contribution is -2.28. The van der Waals surface area contributed by atoms with Crippen molar-refractivity contribution >= 4 is 17.6 Å². The molecule has 1 heterocycles. The van der Waals surface area contributed by atoms with E-state index in [0.29, 0.717) is 37.3 Å². The molecule has 6 heteroatoms. The first-order valence-electron chi connectivity index (χ1n) is 6.73. The van der Waals surface area contributed by atoms with Crippen LogP contribution in [0.4, 0.5) is 5.69 Å². The molecule has 0 aliphatic carbocycles. The lowest BCUT2D eigenvalue weighted by Gasteiger charge is -2.20. The fourth-order valence-corrected chi connectivity index (χ4v) is 2.05. The van der Waals surface area contributed by atoms with Gasteiger partial charge in [-0.2, -0.15) is 5.26 Å². The van der Waals surface area contributed by atoms with Gasteiger partial charge in [-0.3, -0.25) is 9.59 Å². The van der Waals surface area contributed by atoms with E-state index in [-0.39, 0.29) is 18.5 Å². The Morgan fingerprint density at radius 1 is 1.38 bits per heavy atom. The molecule has 1 amide bonds. The summed E-state index contributed by atoms with van der Waals surface area (Å²) < 4.78 is 10.2. The number of esters is 1. The van der Waals surface area contributed by atoms with E-state index < -0.39 is 5.91 Å². The zero-order valence-electron chi connectivity index (χ0n) is 11.5. The number of amides is 1. The molecule has 0 bridgehead atoms. The van der Waals surface area contributed by atoms with Gasteiger partial charge in [0.15, 0.2) is 6.61 Å². The molecule has 1 saturated heterocycles. The molecule has 0 aromatic heterocycles. The Hall–Kier alpha value is -2.39. The van der Waals surface area contributed by atoms with Gasteiger partial charge in [-0.1, -0.05) is 6.07 Å². The Morgan fingerprint density at radius 3 is 2.86 bits per heavy atom. The van der Waals surface area contributed by atoms with Gasteiger partial charge in [0.2, 0.25) is 0 Å². The summed E-state index contributed by atoms with van der Waals surface area (Å²) in [4.78, 5) is 23.5. The normalized spacial score (nSPS) is 15.0. The topological polar surface area (TPSA) is 88.4 Å². The van der Waals surface area contributed by atoms with E-state index in [9.17, 15) is 9.59 Å². The van der Waals surface area contributed by atoms with Crippen LogP contribution in [0.15, 0.2) is 24.3 Å². The average Bonchev–Trinajstić information content (AvgIpc) is 2.53. The van der Waals surface area contributed by atoms with Gasteiger partial charge in [-0.05, 0) is 31.0 Å². The van der Waals surface area contributed by atoms with E-state index in [1.807, 2.05) is 6.07 Å². The van der Waals surface area contributed by atoms with Crippen LogP contribution in [-0.2, 0) is 19.1 Å². The third kappa shape index (κ3) is 4.58. The molecule has 0 radical (unpaired) electrons. The third-order valence-corrected chi connectivity index (χ3v) is 3.18. The van der Waals surface area contributed by atoms with Crippen LogP contribution in [0, 0.1) is 17.2 Å². The van der Waals surface area contributed by atoms with Crippen molar-refractivity contribution < 1.29 is 19.1 Å². The Morgan fingerprint density at radius 2 is 2.14 bits per heavy atom. The highest BCUT2D eigenvalue weighted by Gasteiger charge is 2.23. The first kappa shape index (κ1) is 15.0. The number of nitriles is 1. The van der Waals surface area contributed by atoms with Gasteiger partial charge in [-0.25, -0.2) is 0 Å². The van der Waals surface area contributed by atoms with Crippen LogP contribution in [0.5, 0.6) is 0 Å². The third-order valence-electron chi connectivity index (χ3n) is 3.18. The number of rotatable bonds is 4. The summed E-state index contributed by atoms with van der Waals surface area (Å²) in [6.07, 6.45) is 1.26. The molecule has 2 rings (SSSR count). The van der Waals surface area contributed by atoms with Crippen LogP contribution in [0.2, 0.25) is 0 Å². The van der Waals surface area contributed by atoms with Gasteiger partial charge in [0, 0.05) is 18.9 Å². The minimum atomic E-state index is -0.425. The van der Waals surface area contributed by atoms with E-state index >= 15 is 0 Å². The van der Waals surface area contributed by atoms with Gasteiger partial charge in [0.25, 0.3) is 5.91 Å². The summed E-state index contributed by atoms with van der Waals surface area (Å²) in [6.45, 7) is 0.771. The van der Waals surface area contributed by atoms with Crippen LogP contribution < -0.4 is 5.32 Å². The Kier molecular flexibility index (Phi) is 5.29. The SMILES string of the molecule is N#Cc1cccc(NC(=O)COC(=O)C2CCOCC2)c1. The smallest absolute Gasteiger partial charge is 0.309 e. The second-order valence-corrected chi connectivity index (χ2v) is 4.74. The number of hydrogen-bond acceptors (Lipinski definition) is 5. The molecule has 0 saturated carbocycles. The molecule has 1 aliphatic rings. The Balaban J connectivity index is 1.79. The number of anilines is 1. The fraction of sp³-hybridized carbons (Fsp3) is 0.400. The van der Waals surface area contributed by atoms with Crippen LogP contribution in [0.3, 0.4) is 0 Å². The summed E-state index contributed by atoms with van der Waals surface area (Å²) in [7, 11) is 0. The quantitative estimate of drug-likeness (QED) is 0.847. The maximum absolute atomic E-state index is 11.8. The minimum Gasteiger partial charge on any atom is -0.455 e. The highest BCUT2D eigenvalue weighted by Crippen LogP contribution is 2.16. The maximum Gasteiger partial charge on any atom is 0.309 e. The standard InChI is InChI=1S/C15H16N2O4/c16-9-11-2-1-3-13(8-11)17-14(18)10-21-15(19)12-4-6-20-7-5-12/h1-3,8,12H,4-7,10H2,(H,17,18). The monoisotopic (exact) mass is 288 g/mol. The first-order chi connectivity index (χ1) is 10.2. The molecular weight excluding hydrogens is 272 g/mol. The number of carbonyl (C=O) groups excluding carboxylic acids is 2. The zero-order valence-corrected chi connectivity index (χ0v) is 11.5. The molecule has 0 spiro atoms. The molecule has 1 N–H and O–H groups in total. The molecule has 0 atom stereocenters. The predicted molar refractivity (Wildman–Crippen MR) is 74.3 cm³/mol. The largest absolute Gasteiger partial charge is 0.455 e. The van der Waals surface area contributed by atoms with Crippen LogP contribution in [0.25, 0.3) is 0 Å². The molecular formula is C15H16N2O4. The van der Waals surface area contributed by atoms with Crippen LogP contribution in [0.1, 0.15) is 18.4 Å². The summed E-state index contributed by atoms with van der Waals surface area (Å²) in [5.41, 5.74) is 0.952. The number of ether oxygens (including phenoxy) is 2. The van der Waals surface area contributed by atoms with Crippen LogP contribution >= 0.6 is 0 Å². The fourth-order valence-electron chi connectivity index (χ4n) is 2.05. The summed E-state index contributed by atoms with van der Waals surface area (Å²) >= 11 is 0. The zero-order chi connectivity index (χ0) is 15.1. The van der Waals surface area contributed by atoms with E-state index in [0.717, 1.165) is 0 Å². The highest BCUT2D eigenvalue weighted by molar-refractivity contribution is 5.93. The predicted octanol–water partition coefficient (Wildman–Crippen LogP) is 1.47. The molecule has 1 aromatic carbocycles. The Bertz CT molecular complexity index is 559. The molecule has 1 aromatic rings. The van der Waals surface area contributed by atoms with Crippen molar-refractivity contribution in [3.05, 3.63) is 29.8 Å². The van der Waals surface area contributed by atoms with Gasteiger partial charge in [0.1, 0.15) is 0 Å². The summed E-state index contributed by atoms with van der Waals surface area (Å²) in [5, 5.41) is 11.4. The molecule has 1 aliphatic heterocycles. The molecule has 1 fully saturated rings. The van der Waals surface area contributed by atoms with Gasteiger partial charge < -0.3 is 14.8 Å². The number of nitrogens with one attached hydrogen (secondary N) is 1. The number of nitrogens with zero attached hydrogens (tertiary/aromatic N) is 1. The maximum atomic E-state index is 11.8. The van der Waals surface area contributed by atoms with Crippen molar-refractivity contribution in [2.75, 3.05) is 25.1 Å². The second-order valence-electron chi connectivity index (χ2n) is 4.74. The summed E-state index contributed by atoms with van der Waals surface area (Å²) in [5.74, 6) is -0.974. The highest BCUT2D eigenvalue weighted by atomic mass is 16.5. The molecule has 21 heavy (non-hydrogen) atoms.